The zero-order valence-electron chi connectivity index (χ0n) is 13.7. The van der Waals surface area contributed by atoms with Crippen LogP contribution < -0.4 is 0 Å². The molecule has 1 aromatic carbocycles. The van der Waals surface area contributed by atoms with E-state index in [1.165, 1.54) is 12.1 Å². The molecule has 132 valence electrons. The van der Waals surface area contributed by atoms with Gasteiger partial charge < -0.3 is 4.90 Å². The van der Waals surface area contributed by atoms with Gasteiger partial charge in [0.2, 0.25) is 5.91 Å². The fourth-order valence-electron chi connectivity index (χ4n) is 3.46. The smallest absolute Gasteiger partial charge is 0.222 e. The molecule has 0 N–H and O–H groups in total. The van der Waals surface area contributed by atoms with E-state index >= 15 is 0 Å². The Kier molecular flexibility index (Phi) is 5.20. The molecule has 2 aliphatic rings. The monoisotopic (exact) mass is 354 g/mol. The van der Waals surface area contributed by atoms with Gasteiger partial charge in [0, 0.05) is 38.6 Å². The van der Waals surface area contributed by atoms with E-state index in [-0.39, 0.29) is 29.3 Å². The summed E-state index contributed by atoms with van der Waals surface area (Å²) in [6.45, 7) is 2.78. The number of halogens is 1. The number of sulfone groups is 1. The predicted octanol–water partition coefficient (Wildman–Crippen LogP) is 1.09. The molecule has 0 bridgehead atoms. The van der Waals surface area contributed by atoms with Crippen LogP contribution in [-0.2, 0) is 21.1 Å². The largest absolute Gasteiger partial charge is 0.340 e. The van der Waals surface area contributed by atoms with Gasteiger partial charge in [-0.15, -0.1) is 0 Å². The lowest BCUT2D eigenvalue weighted by molar-refractivity contribution is -0.133. The van der Waals surface area contributed by atoms with Crippen LogP contribution in [0.5, 0.6) is 0 Å². The molecular formula is C17H23FN2O3S. The minimum Gasteiger partial charge on any atom is -0.340 e. The van der Waals surface area contributed by atoms with Crippen LogP contribution in [0.25, 0.3) is 0 Å². The Bertz CT molecular complexity index is 682. The number of hydrogen-bond donors (Lipinski definition) is 0. The molecule has 7 heteroatoms. The molecule has 0 aliphatic carbocycles. The maximum Gasteiger partial charge on any atom is 0.222 e. The van der Waals surface area contributed by atoms with Gasteiger partial charge in [0.25, 0.3) is 0 Å². The average molecular weight is 354 g/mol. The van der Waals surface area contributed by atoms with E-state index in [1.807, 2.05) is 4.90 Å². The quantitative estimate of drug-likeness (QED) is 0.812. The normalized spacial score (nSPS) is 24.2. The second kappa shape index (κ2) is 7.19. The first-order valence-corrected chi connectivity index (χ1v) is 10.2. The van der Waals surface area contributed by atoms with E-state index in [9.17, 15) is 17.6 Å². The molecule has 0 aromatic heterocycles. The van der Waals surface area contributed by atoms with Crippen LogP contribution in [0.2, 0.25) is 0 Å². The van der Waals surface area contributed by atoms with Crippen LogP contribution >= 0.6 is 0 Å². The zero-order chi connectivity index (χ0) is 17.2. The van der Waals surface area contributed by atoms with Crippen molar-refractivity contribution in [3.63, 3.8) is 0 Å². The zero-order valence-corrected chi connectivity index (χ0v) is 14.5. The van der Waals surface area contributed by atoms with Crippen molar-refractivity contribution in [1.29, 1.82) is 0 Å². The Morgan fingerprint density at radius 2 is 1.79 bits per heavy atom. The van der Waals surface area contributed by atoms with Crippen molar-refractivity contribution in [2.24, 2.45) is 0 Å². The van der Waals surface area contributed by atoms with Crippen molar-refractivity contribution >= 4 is 15.7 Å². The van der Waals surface area contributed by atoms with E-state index in [2.05, 4.69) is 4.90 Å². The van der Waals surface area contributed by atoms with Crippen LogP contribution in [0.3, 0.4) is 0 Å². The maximum absolute atomic E-state index is 12.9. The summed E-state index contributed by atoms with van der Waals surface area (Å²) in [5.41, 5.74) is 0.958. The molecule has 2 aliphatic heterocycles. The van der Waals surface area contributed by atoms with Crippen LogP contribution in [0.1, 0.15) is 18.4 Å². The van der Waals surface area contributed by atoms with Crippen molar-refractivity contribution in [3.05, 3.63) is 35.6 Å². The first-order valence-electron chi connectivity index (χ1n) is 8.40. The number of benzene rings is 1. The third kappa shape index (κ3) is 4.33. The lowest BCUT2D eigenvalue weighted by Crippen LogP contribution is -2.52. The molecule has 1 atom stereocenters. The second-order valence-electron chi connectivity index (χ2n) is 6.60. The molecule has 3 rings (SSSR count). The van der Waals surface area contributed by atoms with Gasteiger partial charge in [-0.25, -0.2) is 12.8 Å². The Balaban J connectivity index is 1.44. The van der Waals surface area contributed by atoms with E-state index in [0.717, 1.165) is 18.7 Å². The van der Waals surface area contributed by atoms with Crippen LogP contribution in [0.4, 0.5) is 4.39 Å². The van der Waals surface area contributed by atoms with Crippen molar-refractivity contribution in [2.75, 3.05) is 37.7 Å². The van der Waals surface area contributed by atoms with Gasteiger partial charge in [-0.1, -0.05) is 12.1 Å². The summed E-state index contributed by atoms with van der Waals surface area (Å²) >= 11 is 0. The summed E-state index contributed by atoms with van der Waals surface area (Å²) in [4.78, 5) is 16.4. The molecule has 0 saturated carbocycles. The lowest BCUT2D eigenvalue weighted by atomic mass is 10.1. The Labute approximate surface area is 142 Å². The number of aryl methyl sites for hydroxylation is 1. The number of carbonyl (C=O) groups excluding carboxylic acids is 1. The van der Waals surface area contributed by atoms with Crippen molar-refractivity contribution in [3.8, 4) is 0 Å². The summed E-state index contributed by atoms with van der Waals surface area (Å²) in [7, 11) is -2.87. The minimum atomic E-state index is -2.87. The number of carbonyl (C=O) groups is 1. The fourth-order valence-corrected chi connectivity index (χ4v) is 5.22. The summed E-state index contributed by atoms with van der Waals surface area (Å²) < 4.78 is 36.0. The Hall–Kier alpha value is -1.47. The molecule has 1 amide bonds. The molecule has 24 heavy (non-hydrogen) atoms. The van der Waals surface area contributed by atoms with E-state index in [1.54, 1.807) is 12.1 Å². The van der Waals surface area contributed by atoms with Crippen LogP contribution in [-0.4, -0.2) is 67.9 Å². The molecule has 5 nitrogen and oxygen atoms in total. The lowest BCUT2D eigenvalue weighted by Gasteiger charge is -2.37. The van der Waals surface area contributed by atoms with Gasteiger partial charge >= 0.3 is 0 Å². The molecule has 0 radical (unpaired) electrons. The molecule has 2 fully saturated rings. The fraction of sp³-hybridized carbons (Fsp3) is 0.588. The predicted molar refractivity (Wildman–Crippen MR) is 89.9 cm³/mol. The highest BCUT2D eigenvalue weighted by Gasteiger charge is 2.34. The standard InChI is InChI=1S/C17H23FN2O3S/c18-15-4-1-14(2-5-15)3-6-17(21)20-10-8-19(9-11-20)16-7-12-24(22,23)13-16/h1-2,4-5,16H,3,6-13H2/t16-/m0/s1. The average Bonchev–Trinajstić information content (AvgIpc) is 2.94. The Morgan fingerprint density at radius 3 is 2.38 bits per heavy atom. The van der Waals surface area contributed by atoms with Crippen molar-refractivity contribution in [2.45, 2.75) is 25.3 Å². The summed E-state index contributed by atoms with van der Waals surface area (Å²) in [6, 6.07) is 6.36. The highest BCUT2D eigenvalue weighted by Crippen LogP contribution is 2.19. The second-order valence-corrected chi connectivity index (χ2v) is 8.83. The maximum atomic E-state index is 12.9. The number of rotatable bonds is 4. The molecule has 0 spiro atoms. The van der Waals surface area contributed by atoms with E-state index in [0.29, 0.717) is 32.4 Å². The number of piperazine rings is 1. The topological polar surface area (TPSA) is 57.7 Å². The van der Waals surface area contributed by atoms with E-state index in [4.69, 9.17) is 0 Å². The number of nitrogens with zero attached hydrogens (tertiary/aromatic N) is 2. The summed E-state index contributed by atoms with van der Waals surface area (Å²) in [6.07, 6.45) is 1.74. The van der Waals surface area contributed by atoms with Gasteiger partial charge in [0.15, 0.2) is 9.84 Å². The Morgan fingerprint density at radius 1 is 1.12 bits per heavy atom. The van der Waals surface area contributed by atoms with Crippen LogP contribution in [0.15, 0.2) is 24.3 Å². The first-order chi connectivity index (χ1) is 11.4. The van der Waals surface area contributed by atoms with Gasteiger partial charge in [-0.3, -0.25) is 9.69 Å². The molecule has 2 saturated heterocycles. The highest BCUT2D eigenvalue weighted by atomic mass is 32.2. The molecular weight excluding hydrogens is 331 g/mol. The summed E-state index contributed by atoms with van der Waals surface area (Å²) in [5, 5.41) is 0. The third-order valence-electron chi connectivity index (χ3n) is 4.93. The minimum absolute atomic E-state index is 0.109. The van der Waals surface area contributed by atoms with Crippen LogP contribution in [0, 0.1) is 5.82 Å². The van der Waals surface area contributed by atoms with Gasteiger partial charge in [0.05, 0.1) is 11.5 Å². The number of amides is 1. The SMILES string of the molecule is O=C(CCc1ccc(F)cc1)N1CCN([C@H]2CCS(=O)(=O)C2)CC1. The molecule has 2 heterocycles. The molecule has 1 aromatic rings. The van der Waals surface area contributed by atoms with Gasteiger partial charge in [-0.05, 0) is 30.5 Å². The van der Waals surface area contributed by atoms with E-state index < -0.39 is 9.84 Å². The van der Waals surface area contributed by atoms with Crippen molar-refractivity contribution in [1.82, 2.24) is 9.80 Å². The molecule has 0 unspecified atom stereocenters. The van der Waals surface area contributed by atoms with Gasteiger partial charge in [0.1, 0.15) is 5.82 Å². The van der Waals surface area contributed by atoms with Gasteiger partial charge in [-0.2, -0.15) is 0 Å². The van der Waals surface area contributed by atoms with Crippen molar-refractivity contribution < 1.29 is 17.6 Å². The first kappa shape index (κ1) is 17.4. The number of hydrogen-bond acceptors (Lipinski definition) is 4. The third-order valence-corrected chi connectivity index (χ3v) is 6.68. The summed E-state index contributed by atoms with van der Waals surface area (Å²) in [5.74, 6) is 0.383. The highest BCUT2D eigenvalue weighted by molar-refractivity contribution is 7.91.